The molecule has 9 aromatic heterocycles. The molecule has 15 heterocycles. The fraction of sp³-hybridized carbons (Fsp3) is 0.667. The molecule has 6 aliphatic heterocycles. The molecule has 24 rings (SSSR count). The number of ether oxygens (including phenoxy) is 4. The molecule has 6 N–H and O–H groups in total. The molecule has 3 amide bonds. The SMILES string of the molecule is Cc1cc(N2CCc3c(c(C)nn3CC34CCC(N)(CC3)CC4)C2)c2cnn(C)c2n1.Cc1cc(N2CCc3c(c(C)nn3CC34CCC(NC(=O)C5COCCN5)(CC3)CC4)C2)c2cnn(C)c2n1.Cc1cc(N2CCc3c(c(C)nn3CC34CCC(NC(=O)C5COCCN5C(=O)OC(C)(C)C)(CC3)CC4)C2)c2cnn(C)c2n1.O=C(O)[C@H]1CCCOC1.S.S.S. The number of carboxylic acids is 1. The first-order chi connectivity index (χ1) is 59.8. The van der Waals surface area contributed by atoms with Crippen molar-refractivity contribution in [1.82, 2.24) is 94.5 Å². The van der Waals surface area contributed by atoms with E-state index >= 15 is 0 Å². The Morgan fingerprint density at radius 1 is 0.508 bits per heavy atom. The highest BCUT2D eigenvalue weighted by atomic mass is 32.1. The standard InChI is InChI=1S/C34H48N8O4.C29H40N8O2.C24H33N7.C6H10O3.3H2S/c1-22-17-27(24-18-35-39(6)29(24)36-22)40-14-7-26-25(19-40)23(2)38-42(26)21-33-8-11-34(12-9-33,13-10-33)37-30(43)28-20-45-16-15-41(28)31(44)46-32(3,4)5;1-19-14-25(21-15-31-35(3)26(21)32-19)36-12-4-24-22(16-36)20(2)34-37(24)18-28-5-8-29(9-6-28,10-7-28)33-27(38)23-17-39-13-11-30-23;1-16-12-21(18-13-26-29(3)22(18)27-16)30-11-4-20-19(14-30)17(2)28-31(20)15-23-5-8-24(25,9-6-23)10-7-23;7-6(8)5-2-1-3-9-4-5;;;/h17-18,28H,7-16,19-21H2,1-6H3,(H,37,43);14-15,23,30H,4-13,16-18H2,1-3H3,(H,33,38);12-13H,4-11,14-15,25H2,1-3H3;5H,1-4H2,(H,7,8);3*1H2/t;;;5-;;;/m...0.../s1. The number of carboxylic acid groups (broad SMARTS) is 1. The monoisotopic (exact) mass is 1820 g/mol. The van der Waals surface area contributed by atoms with Crippen molar-refractivity contribution in [3.8, 4) is 0 Å². The minimum Gasteiger partial charge on any atom is -0.481 e. The zero-order valence-corrected chi connectivity index (χ0v) is 80.3. The maximum absolute atomic E-state index is 13.6. The van der Waals surface area contributed by atoms with E-state index < -0.39 is 23.7 Å². The average Bonchev–Trinajstić information content (AvgIpc) is 1.18. The molecule has 6 bridgehead atoms. The number of aryl methyl sites for hydroxylation is 9. The number of rotatable bonds is 14. The summed E-state index contributed by atoms with van der Waals surface area (Å²) in [4.78, 5) is 72.8. The van der Waals surface area contributed by atoms with Crippen LogP contribution in [0.1, 0.15) is 217 Å². The molecule has 3 saturated heterocycles. The predicted molar refractivity (Wildman–Crippen MR) is 506 cm³/mol. The molecule has 3 atom stereocenters. The molecule has 2 unspecified atom stereocenters. The topological polar surface area (TPSA) is 346 Å². The van der Waals surface area contributed by atoms with Crippen LogP contribution in [0.3, 0.4) is 0 Å². The molecule has 0 aromatic carbocycles. The summed E-state index contributed by atoms with van der Waals surface area (Å²) in [6.07, 6.45) is 30.0. The molecule has 128 heavy (non-hydrogen) atoms. The molecule has 0 radical (unpaired) electrons. The third-order valence-corrected chi connectivity index (χ3v) is 30.8. The van der Waals surface area contributed by atoms with Crippen molar-refractivity contribution >= 4 is 115 Å². The first-order valence-electron chi connectivity index (χ1n) is 46.2. The number of nitrogens with zero attached hydrogens (tertiary/aromatic N) is 19. The molecular formula is C93H137N23O9S3. The smallest absolute Gasteiger partial charge is 0.411 e. The highest BCUT2D eigenvalue weighted by Crippen LogP contribution is 2.56. The fourth-order valence-electron chi connectivity index (χ4n) is 23.0. The van der Waals surface area contributed by atoms with E-state index in [1.54, 1.807) is 0 Å². The van der Waals surface area contributed by atoms with Crippen LogP contribution >= 0.6 is 40.5 Å². The van der Waals surface area contributed by atoms with Crippen molar-refractivity contribution in [2.45, 2.75) is 284 Å². The molecule has 32 nitrogen and oxygen atoms in total. The van der Waals surface area contributed by atoms with Crippen molar-refractivity contribution in [2.75, 3.05) is 87.1 Å². The summed E-state index contributed by atoms with van der Waals surface area (Å²) < 4.78 is 34.3. The molecule has 696 valence electrons. The number of morpholine rings is 2. The van der Waals surface area contributed by atoms with Crippen molar-refractivity contribution in [3.05, 3.63) is 105 Å². The van der Waals surface area contributed by atoms with E-state index in [-0.39, 0.29) is 98.3 Å². The van der Waals surface area contributed by atoms with E-state index in [1.165, 1.54) is 100.0 Å². The molecule has 9 saturated carbocycles. The lowest BCUT2D eigenvalue weighted by molar-refractivity contribution is -0.146. The van der Waals surface area contributed by atoms with Crippen LogP contribution < -0.4 is 36.4 Å². The van der Waals surface area contributed by atoms with Gasteiger partial charge in [-0.3, -0.25) is 47.4 Å². The van der Waals surface area contributed by atoms with Crippen LogP contribution in [0.15, 0.2) is 36.8 Å². The van der Waals surface area contributed by atoms with E-state index in [0.29, 0.717) is 38.4 Å². The quantitative estimate of drug-likeness (QED) is 0.0675. The Labute approximate surface area is 772 Å². The van der Waals surface area contributed by atoms with Gasteiger partial charge in [0, 0.05) is 186 Å². The Balaban J connectivity index is 0.000000141. The molecule has 15 aliphatic rings. The van der Waals surface area contributed by atoms with E-state index in [2.05, 4.69) is 113 Å². The van der Waals surface area contributed by atoms with Crippen molar-refractivity contribution < 1.29 is 43.2 Å². The van der Waals surface area contributed by atoms with Gasteiger partial charge in [-0.25, -0.2) is 19.7 Å². The number of hydrogen-bond acceptors (Lipinski definition) is 22. The zero-order valence-electron chi connectivity index (χ0n) is 77.3. The van der Waals surface area contributed by atoms with Gasteiger partial charge in [-0.1, -0.05) is 0 Å². The van der Waals surface area contributed by atoms with Gasteiger partial charge in [0.2, 0.25) is 11.8 Å². The van der Waals surface area contributed by atoms with Crippen molar-refractivity contribution in [2.24, 2.45) is 49.0 Å². The molecule has 0 spiro atoms. The second kappa shape index (κ2) is 37.2. The summed E-state index contributed by atoms with van der Waals surface area (Å²) in [6.45, 7) is 30.7. The van der Waals surface area contributed by atoms with Crippen LogP contribution in [-0.2, 0) is 113 Å². The number of amides is 3. The number of nitrogens with two attached hydrogens (primary N) is 1. The number of aliphatic carboxylic acids is 1. The Hall–Kier alpha value is -8.58. The van der Waals surface area contributed by atoms with Crippen LogP contribution in [0.4, 0.5) is 21.9 Å². The summed E-state index contributed by atoms with van der Waals surface area (Å²) in [6, 6.07) is 5.69. The highest BCUT2D eigenvalue weighted by molar-refractivity contribution is 7.59. The second-order valence-corrected chi connectivity index (χ2v) is 40.4. The van der Waals surface area contributed by atoms with Gasteiger partial charge in [-0.2, -0.15) is 71.1 Å². The maximum Gasteiger partial charge on any atom is 0.411 e. The number of carbonyl (C=O) groups excluding carboxylic acids is 3. The van der Waals surface area contributed by atoms with Gasteiger partial charge >= 0.3 is 12.1 Å². The van der Waals surface area contributed by atoms with Crippen LogP contribution in [0.5, 0.6) is 0 Å². The highest BCUT2D eigenvalue weighted by Gasteiger charge is 2.54. The van der Waals surface area contributed by atoms with E-state index in [0.717, 1.165) is 243 Å². The summed E-state index contributed by atoms with van der Waals surface area (Å²) in [5.41, 5.74) is 28.0. The van der Waals surface area contributed by atoms with E-state index in [9.17, 15) is 19.2 Å². The number of fused-ring (bicyclic) bond motifs is 15. The number of hydrogen-bond donors (Lipinski definition) is 5. The zero-order chi connectivity index (χ0) is 87.3. The normalized spacial score (nSPS) is 26.9. The molecule has 9 aliphatic carbocycles. The minimum absolute atomic E-state index is 0. The van der Waals surface area contributed by atoms with Crippen molar-refractivity contribution in [3.63, 3.8) is 0 Å². The van der Waals surface area contributed by atoms with Gasteiger partial charge in [0.05, 0.1) is 108 Å². The summed E-state index contributed by atoms with van der Waals surface area (Å²) in [5.74, 6) is -0.999. The molecular weight excluding hydrogens is 1680 g/mol. The van der Waals surface area contributed by atoms with Crippen LogP contribution in [0, 0.1) is 63.7 Å². The van der Waals surface area contributed by atoms with Gasteiger partial charge in [0.1, 0.15) is 17.7 Å². The lowest BCUT2D eigenvalue weighted by Crippen LogP contribution is -2.63. The summed E-state index contributed by atoms with van der Waals surface area (Å²) >= 11 is 0. The third-order valence-electron chi connectivity index (χ3n) is 30.8. The second-order valence-electron chi connectivity index (χ2n) is 40.4. The van der Waals surface area contributed by atoms with Gasteiger partial charge in [0.25, 0.3) is 0 Å². The lowest BCUT2D eigenvalue weighted by Gasteiger charge is -2.54. The number of nitrogens with one attached hydrogen (secondary N) is 3. The number of carbonyl (C=O) groups is 4. The van der Waals surface area contributed by atoms with E-state index in [1.807, 2.05) is 81.5 Å². The Bertz CT molecular complexity index is 5500. The first kappa shape index (κ1) is 94.1. The lowest BCUT2D eigenvalue weighted by atomic mass is 9.57. The fourth-order valence-corrected chi connectivity index (χ4v) is 23.0. The molecule has 35 heteroatoms. The number of aromatic nitrogens is 15. The molecule has 9 aromatic rings. The van der Waals surface area contributed by atoms with Crippen LogP contribution in [-0.4, -0.2) is 214 Å². The molecule has 12 fully saturated rings. The van der Waals surface area contributed by atoms with Gasteiger partial charge < -0.3 is 60.4 Å². The minimum atomic E-state index is -0.727. The Morgan fingerprint density at radius 3 is 1.23 bits per heavy atom. The summed E-state index contributed by atoms with van der Waals surface area (Å²) in [7, 11) is 5.87. The van der Waals surface area contributed by atoms with Gasteiger partial charge in [0.15, 0.2) is 16.9 Å². The largest absolute Gasteiger partial charge is 0.481 e. The number of anilines is 3. The van der Waals surface area contributed by atoms with E-state index in [4.69, 9.17) is 60.0 Å². The van der Waals surface area contributed by atoms with Crippen LogP contribution in [0.25, 0.3) is 33.1 Å². The van der Waals surface area contributed by atoms with Gasteiger partial charge in [-0.15, -0.1) is 0 Å². The van der Waals surface area contributed by atoms with Crippen molar-refractivity contribution in [1.29, 1.82) is 0 Å². The van der Waals surface area contributed by atoms with Gasteiger partial charge in [-0.05, 0) is 225 Å². The Kier molecular flexibility index (Phi) is 27.4. The van der Waals surface area contributed by atoms with Crippen LogP contribution in [0.2, 0.25) is 0 Å². The first-order valence-corrected chi connectivity index (χ1v) is 46.2. The maximum atomic E-state index is 13.6. The Morgan fingerprint density at radius 2 is 0.883 bits per heavy atom. The third kappa shape index (κ3) is 19.0. The number of pyridine rings is 3. The average molecular weight is 1820 g/mol. The summed E-state index contributed by atoms with van der Waals surface area (Å²) in [5, 5.41) is 50.6. The predicted octanol–water partition coefficient (Wildman–Crippen LogP) is 11.0.